The van der Waals surface area contributed by atoms with Crippen LogP contribution in [-0.2, 0) is 9.53 Å². The molecule has 90 valence electrons. The number of para-hydroxylation sites is 1. The van der Waals surface area contributed by atoms with Crippen LogP contribution in [0, 0.1) is 5.92 Å². The van der Waals surface area contributed by atoms with Gasteiger partial charge >= 0.3 is 0 Å². The Kier molecular flexibility index (Phi) is 2.60. The Morgan fingerprint density at radius 3 is 2.82 bits per heavy atom. The minimum absolute atomic E-state index is 0.0957. The van der Waals surface area contributed by atoms with Gasteiger partial charge < -0.3 is 10.1 Å². The van der Waals surface area contributed by atoms with E-state index < -0.39 is 4.87 Å². The van der Waals surface area contributed by atoms with E-state index in [2.05, 4.69) is 5.32 Å². The predicted octanol–water partition coefficient (Wildman–Crippen LogP) is 2.41. The number of fused-ring (bicyclic) bond motifs is 1. The second-order valence-electron chi connectivity index (χ2n) is 4.63. The predicted molar refractivity (Wildman–Crippen MR) is 66.1 cm³/mol. The Morgan fingerprint density at radius 2 is 2.18 bits per heavy atom. The zero-order valence-corrected chi connectivity index (χ0v) is 10.1. The minimum atomic E-state index is -0.841. The fourth-order valence-electron chi connectivity index (χ4n) is 2.55. The number of hydrogen-bond acceptors (Lipinski definition) is 2. The number of carbonyl (C=O) groups is 1. The molecular weight excluding hydrogens is 238 g/mol. The molecule has 1 amide bonds. The highest BCUT2D eigenvalue weighted by atomic mass is 35.5. The number of nitrogens with one attached hydrogen (secondary N) is 1. The average Bonchev–Trinajstić information content (AvgIpc) is 2.99. The number of ether oxygens (including phenoxy) is 1. The molecule has 4 heteroatoms. The molecule has 3 nitrogen and oxygen atoms in total. The second kappa shape index (κ2) is 4.00. The average molecular weight is 252 g/mol. The van der Waals surface area contributed by atoms with Crippen LogP contribution >= 0.6 is 11.6 Å². The monoisotopic (exact) mass is 251 g/mol. The summed E-state index contributed by atoms with van der Waals surface area (Å²) in [5.41, 5.74) is 0.779. The van der Waals surface area contributed by atoms with Crippen molar-refractivity contribution >= 4 is 23.2 Å². The zero-order chi connectivity index (χ0) is 11.9. The number of carbonyl (C=O) groups excluding carboxylic acids is 1. The number of amides is 1. The third kappa shape index (κ3) is 1.74. The normalized spacial score (nSPS) is 34.9. The number of benzene rings is 1. The topological polar surface area (TPSA) is 38.3 Å². The van der Waals surface area contributed by atoms with Crippen LogP contribution in [0.2, 0.25) is 0 Å². The summed E-state index contributed by atoms with van der Waals surface area (Å²) in [6.07, 6.45) is 1.88. The number of hydrogen-bond donors (Lipinski definition) is 1. The van der Waals surface area contributed by atoms with Crippen molar-refractivity contribution in [2.45, 2.75) is 23.8 Å². The third-order valence-electron chi connectivity index (χ3n) is 3.55. The summed E-state index contributed by atoms with van der Waals surface area (Å²) in [7, 11) is 0. The molecule has 1 aliphatic heterocycles. The smallest absolute Gasteiger partial charge is 0.248 e. The number of halogens is 1. The van der Waals surface area contributed by atoms with Gasteiger partial charge in [0.1, 0.15) is 0 Å². The van der Waals surface area contributed by atoms with Crippen molar-refractivity contribution in [2.75, 3.05) is 11.9 Å². The van der Waals surface area contributed by atoms with Crippen LogP contribution in [0.5, 0.6) is 0 Å². The quantitative estimate of drug-likeness (QED) is 0.820. The van der Waals surface area contributed by atoms with Crippen LogP contribution in [0.1, 0.15) is 12.8 Å². The second-order valence-corrected chi connectivity index (χ2v) is 5.25. The summed E-state index contributed by atoms with van der Waals surface area (Å²) in [4.78, 5) is 11.3. The van der Waals surface area contributed by atoms with Gasteiger partial charge in [-0.05, 0) is 25.0 Å². The molecule has 3 rings (SSSR count). The van der Waals surface area contributed by atoms with Crippen molar-refractivity contribution in [3.63, 3.8) is 0 Å². The molecule has 3 atom stereocenters. The highest BCUT2D eigenvalue weighted by Gasteiger charge is 2.70. The van der Waals surface area contributed by atoms with E-state index in [4.69, 9.17) is 16.3 Å². The van der Waals surface area contributed by atoms with Gasteiger partial charge in [-0.3, -0.25) is 4.79 Å². The van der Waals surface area contributed by atoms with Crippen molar-refractivity contribution in [3.05, 3.63) is 30.3 Å². The van der Waals surface area contributed by atoms with Gasteiger partial charge in [0.05, 0.1) is 6.10 Å². The molecule has 1 N–H and O–H groups in total. The maximum Gasteiger partial charge on any atom is 0.248 e. The molecule has 2 fully saturated rings. The first-order valence-corrected chi connectivity index (χ1v) is 6.28. The van der Waals surface area contributed by atoms with Crippen molar-refractivity contribution in [1.29, 1.82) is 0 Å². The van der Waals surface area contributed by atoms with Gasteiger partial charge in [0.15, 0.2) is 4.87 Å². The Labute approximate surface area is 105 Å². The molecule has 1 saturated heterocycles. The summed E-state index contributed by atoms with van der Waals surface area (Å²) >= 11 is 6.38. The van der Waals surface area contributed by atoms with Crippen molar-refractivity contribution in [1.82, 2.24) is 0 Å². The molecular formula is C13H14ClNO2. The standard InChI is InChI=1S/C13H14ClNO2/c14-13(10-7-4-8-17-11(10)13)12(16)15-9-5-2-1-3-6-9/h1-3,5-6,10-11H,4,7-8H2,(H,15,16). The molecule has 1 aromatic rings. The molecule has 3 unspecified atom stereocenters. The molecule has 0 spiro atoms. The lowest BCUT2D eigenvalue weighted by Gasteiger charge is -2.10. The fourth-order valence-corrected chi connectivity index (χ4v) is 2.97. The van der Waals surface area contributed by atoms with Gasteiger partial charge in [0.2, 0.25) is 5.91 Å². The Balaban J connectivity index is 1.71. The van der Waals surface area contributed by atoms with E-state index in [1.165, 1.54) is 0 Å². The first-order chi connectivity index (χ1) is 8.23. The maximum absolute atomic E-state index is 12.1. The summed E-state index contributed by atoms with van der Waals surface area (Å²) in [5, 5.41) is 2.85. The van der Waals surface area contributed by atoms with E-state index in [0.717, 1.165) is 18.5 Å². The first-order valence-electron chi connectivity index (χ1n) is 5.90. The summed E-state index contributed by atoms with van der Waals surface area (Å²) in [6.45, 7) is 0.717. The molecule has 1 saturated carbocycles. The SMILES string of the molecule is O=C(Nc1ccccc1)C1(Cl)C2CCCOC21. The highest BCUT2D eigenvalue weighted by Crippen LogP contribution is 2.56. The van der Waals surface area contributed by atoms with E-state index in [0.29, 0.717) is 6.61 Å². The van der Waals surface area contributed by atoms with Crippen LogP contribution in [0.25, 0.3) is 0 Å². The summed E-state index contributed by atoms with van der Waals surface area (Å²) < 4.78 is 5.53. The van der Waals surface area contributed by atoms with Crippen molar-refractivity contribution < 1.29 is 9.53 Å². The lowest BCUT2D eigenvalue weighted by Crippen LogP contribution is -2.29. The Morgan fingerprint density at radius 1 is 1.41 bits per heavy atom. The summed E-state index contributed by atoms with van der Waals surface area (Å²) in [5.74, 6) is 0.0453. The number of rotatable bonds is 2. The van der Waals surface area contributed by atoms with Crippen LogP contribution in [0.3, 0.4) is 0 Å². The molecule has 1 aromatic carbocycles. The zero-order valence-electron chi connectivity index (χ0n) is 9.36. The van der Waals surface area contributed by atoms with Crippen LogP contribution in [-0.4, -0.2) is 23.5 Å². The largest absolute Gasteiger partial charge is 0.375 e. The number of anilines is 1. The Hall–Kier alpha value is -1.06. The van der Waals surface area contributed by atoms with Gasteiger partial charge in [0, 0.05) is 18.2 Å². The number of alkyl halides is 1. The van der Waals surface area contributed by atoms with Crippen LogP contribution in [0.15, 0.2) is 30.3 Å². The minimum Gasteiger partial charge on any atom is -0.375 e. The van der Waals surface area contributed by atoms with Crippen LogP contribution < -0.4 is 5.32 Å². The van der Waals surface area contributed by atoms with Gasteiger partial charge in [-0.1, -0.05) is 18.2 Å². The lowest BCUT2D eigenvalue weighted by atomic mass is 10.1. The molecule has 0 aromatic heterocycles. The summed E-state index contributed by atoms with van der Waals surface area (Å²) in [6, 6.07) is 9.38. The third-order valence-corrected chi connectivity index (χ3v) is 4.21. The molecule has 0 radical (unpaired) electrons. The van der Waals surface area contributed by atoms with Gasteiger partial charge in [0.25, 0.3) is 0 Å². The van der Waals surface area contributed by atoms with Crippen LogP contribution in [0.4, 0.5) is 5.69 Å². The molecule has 1 heterocycles. The van der Waals surface area contributed by atoms with Crippen molar-refractivity contribution in [3.8, 4) is 0 Å². The van der Waals surface area contributed by atoms with Gasteiger partial charge in [-0.25, -0.2) is 0 Å². The molecule has 0 bridgehead atoms. The Bertz CT molecular complexity index is 422. The van der Waals surface area contributed by atoms with E-state index in [1.807, 2.05) is 30.3 Å². The molecule has 1 aliphatic carbocycles. The lowest BCUT2D eigenvalue weighted by molar-refractivity contribution is -0.117. The fraction of sp³-hybridized carbons (Fsp3) is 0.462. The van der Waals surface area contributed by atoms with Gasteiger partial charge in [-0.2, -0.15) is 0 Å². The van der Waals surface area contributed by atoms with E-state index in [-0.39, 0.29) is 17.9 Å². The first kappa shape index (κ1) is 11.1. The van der Waals surface area contributed by atoms with E-state index in [1.54, 1.807) is 0 Å². The van der Waals surface area contributed by atoms with Gasteiger partial charge in [-0.15, -0.1) is 11.6 Å². The maximum atomic E-state index is 12.1. The highest BCUT2D eigenvalue weighted by molar-refractivity contribution is 6.40. The molecule has 2 aliphatic rings. The van der Waals surface area contributed by atoms with E-state index >= 15 is 0 Å². The van der Waals surface area contributed by atoms with Crippen molar-refractivity contribution in [2.24, 2.45) is 5.92 Å². The molecule has 17 heavy (non-hydrogen) atoms. The van der Waals surface area contributed by atoms with E-state index in [9.17, 15) is 4.79 Å².